The van der Waals surface area contributed by atoms with Gasteiger partial charge in [0.1, 0.15) is 11.8 Å². The predicted molar refractivity (Wildman–Crippen MR) is 89.0 cm³/mol. The van der Waals surface area contributed by atoms with E-state index in [-0.39, 0.29) is 11.3 Å². The van der Waals surface area contributed by atoms with Gasteiger partial charge in [0.25, 0.3) is 0 Å². The van der Waals surface area contributed by atoms with Gasteiger partial charge >= 0.3 is 0 Å². The molecule has 0 saturated carbocycles. The van der Waals surface area contributed by atoms with Crippen molar-refractivity contribution in [3.8, 4) is 6.07 Å². The van der Waals surface area contributed by atoms with Crippen molar-refractivity contribution in [2.75, 3.05) is 5.43 Å². The van der Waals surface area contributed by atoms with E-state index in [1.54, 1.807) is 60.7 Å². The van der Waals surface area contributed by atoms with E-state index in [2.05, 4.69) is 17.1 Å². The Labute approximate surface area is 134 Å². The van der Waals surface area contributed by atoms with Gasteiger partial charge in [0.05, 0.1) is 17.3 Å². The lowest BCUT2D eigenvalue weighted by atomic mass is 9.99. The van der Waals surface area contributed by atoms with Crippen molar-refractivity contribution in [1.29, 1.82) is 5.26 Å². The number of aliphatic hydroxyl groups excluding tert-OH is 1. The number of rotatable bonds is 6. The second-order valence-electron chi connectivity index (χ2n) is 4.71. The quantitative estimate of drug-likeness (QED) is 0.372. The molecule has 5 heteroatoms. The monoisotopic (exact) mass is 305 g/mol. The molecule has 0 aromatic heterocycles. The van der Waals surface area contributed by atoms with Crippen molar-refractivity contribution in [1.82, 2.24) is 0 Å². The fraction of sp³-hybridized carbons (Fsp3) is 0.0556. The lowest BCUT2D eigenvalue weighted by molar-refractivity contribution is 0.105. The van der Waals surface area contributed by atoms with Gasteiger partial charge in [-0.2, -0.15) is 10.4 Å². The summed E-state index contributed by atoms with van der Waals surface area (Å²) in [7, 11) is 0. The SMILES string of the molecule is C=C(C#N)C(O)/C(=N\Nc1ccccc1)C(=O)c1ccccc1. The zero-order valence-corrected chi connectivity index (χ0v) is 12.3. The van der Waals surface area contributed by atoms with Crippen LogP contribution in [0.4, 0.5) is 5.69 Å². The fourth-order valence-electron chi connectivity index (χ4n) is 1.84. The third kappa shape index (κ3) is 4.13. The molecule has 0 spiro atoms. The Hall–Kier alpha value is -3.23. The van der Waals surface area contributed by atoms with Crippen LogP contribution in [0.2, 0.25) is 0 Å². The molecule has 0 bridgehead atoms. The zero-order valence-electron chi connectivity index (χ0n) is 12.3. The Kier molecular flexibility index (Phi) is 5.40. The highest BCUT2D eigenvalue weighted by molar-refractivity contribution is 6.48. The molecule has 0 heterocycles. The molecule has 5 nitrogen and oxygen atoms in total. The van der Waals surface area contributed by atoms with Crippen LogP contribution in [0.1, 0.15) is 10.4 Å². The number of nitriles is 1. The highest BCUT2D eigenvalue weighted by atomic mass is 16.3. The van der Waals surface area contributed by atoms with Crippen LogP contribution in [0.25, 0.3) is 0 Å². The minimum absolute atomic E-state index is 0.150. The van der Waals surface area contributed by atoms with E-state index >= 15 is 0 Å². The van der Waals surface area contributed by atoms with Gasteiger partial charge in [-0.15, -0.1) is 0 Å². The van der Waals surface area contributed by atoms with Gasteiger partial charge in [-0.3, -0.25) is 10.2 Å². The summed E-state index contributed by atoms with van der Waals surface area (Å²) in [4.78, 5) is 12.5. The van der Waals surface area contributed by atoms with Crippen LogP contribution in [0.5, 0.6) is 0 Å². The number of carbonyl (C=O) groups is 1. The number of hydrogen-bond acceptors (Lipinski definition) is 5. The number of hydrazone groups is 1. The molecule has 1 unspecified atom stereocenters. The lowest BCUT2D eigenvalue weighted by Gasteiger charge is -2.12. The van der Waals surface area contributed by atoms with Gasteiger partial charge in [0.15, 0.2) is 0 Å². The summed E-state index contributed by atoms with van der Waals surface area (Å²) in [6.07, 6.45) is -1.47. The second-order valence-corrected chi connectivity index (χ2v) is 4.71. The van der Waals surface area contributed by atoms with Crippen LogP contribution in [-0.4, -0.2) is 22.7 Å². The van der Waals surface area contributed by atoms with E-state index in [4.69, 9.17) is 5.26 Å². The summed E-state index contributed by atoms with van der Waals surface area (Å²) in [6.45, 7) is 3.45. The Morgan fingerprint density at radius 2 is 1.70 bits per heavy atom. The molecule has 2 aromatic carbocycles. The molecule has 0 amide bonds. The fourth-order valence-corrected chi connectivity index (χ4v) is 1.84. The van der Waals surface area contributed by atoms with E-state index in [1.165, 1.54) is 0 Å². The van der Waals surface area contributed by atoms with E-state index in [0.29, 0.717) is 11.3 Å². The molecular formula is C18H15N3O2. The number of hydrogen-bond donors (Lipinski definition) is 2. The van der Waals surface area contributed by atoms with Crippen LogP contribution in [0.3, 0.4) is 0 Å². The Balaban J connectivity index is 2.34. The summed E-state index contributed by atoms with van der Waals surface area (Å²) < 4.78 is 0. The van der Waals surface area contributed by atoms with Gasteiger partial charge < -0.3 is 5.11 Å². The predicted octanol–water partition coefficient (Wildman–Crippen LogP) is 2.78. The number of anilines is 1. The number of aliphatic hydroxyl groups is 1. The van der Waals surface area contributed by atoms with Gasteiger partial charge in [-0.25, -0.2) is 0 Å². The molecule has 0 aliphatic rings. The normalized spacial score (nSPS) is 12.1. The minimum Gasteiger partial charge on any atom is -0.381 e. The number of nitrogens with one attached hydrogen (secondary N) is 1. The number of para-hydroxylation sites is 1. The molecule has 0 aliphatic heterocycles. The first-order chi connectivity index (χ1) is 11.1. The van der Waals surface area contributed by atoms with Crippen LogP contribution < -0.4 is 5.43 Å². The average Bonchev–Trinajstić information content (AvgIpc) is 2.62. The Morgan fingerprint density at radius 1 is 1.13 bits per heavy atom. The van der Waals surface area contributed by atoms with Crippen molar-refractivity contribution in [2.24, 2.45) is 5.10 Å². The maximum Gasteiger partial charge on any atom is 0.212 e. The van der Waals surface area contributed by atoms with Gasteiger partial charge in [-0.1, -0.05) is 55.1 Å². The molecule has 0 aliphatic carbocycles. The first-order valence-corrected chi connectivity index (χ1v) is 6.89. The summed E-state index contributed by atoms with van der Waals surface area (Å²) in [5, 5.41) is 23.1. The van der Waals surface area contributed by atoms with Gasteiger partial charge in [-0.05, 0) is 12.1 Å². The van der Waals surface area contributed by atoms with Crippen molar-refractivity contribution < 1.29 is 9.90 Å². The first-order valence-electron chi connectivity index (χ1n) is 6.89. The molecule has 2 rings (SSSR count). The van der Waals surface area contributed by atoms with Crippen molar-refractivity contribution in [3.63, 3.8) is 0 Å². The number of ketones is 1. The van der Waals surface area contributed by atoms with Crippen LogP contribution >= 0.6 is 0 Å². The molecule has 23 heavy (non-hydrogen) atoms. The van der Waals surface area contributed by atoms with Gasteiger partial charge in [0.2, 0.25) is 5.78 Å². The molecule has 1 atom stereocenters. The first kappa shape index (κ1) is 16.1. The number of Topliss-reactive ketones (excluding diaryl/α,β-unsaturated/α-hetero) is 1. The van der Waals surface area contributed by atoms with Crippen molar-refractivity contribution >= 4 is 17.2 Å². The molecule has 2 N–H and O–H groups in total. The van der Waals surface area contributed by atoms with E-state index in [0.717, 1.165) is 0 Å². The molecule has 0 fully saturated rings. The highest BCUT2D eigenvalue weighted by Gasteiger charge is 2.24. The number of nitrogens with zero attached hydrogens (tertiary/aromatic N) is 2. The van der Waals surface area contributed by atoms with Crippen LogP contribution in [0.15, 0.2) is 77.9 Å². The topological polar surface area (TPSA) is 85.5 Å². The molecule has 114 valence electrons. The maximum atomic E-state index is 12.5. The van der Waals surface area contributed by atoms with Crippen LogP contribution in [0, 0.1) is 11.3 Å². The van der Waals surface area contributed by atoms with Crippen molar-refractivity contribution in [2.45, 2.75) is 6.10 Å². The summed E-state index contributed by atoms with van der Waals surface area (Å²) in [5.74, 6) is -0.474. The van der Waals surface area contributed by atoms with E-state index in [1.807, 2.05) is 6.07 Å². The Bertz CT molecular complexity index is 762. The maximum absolute atomic E-state index is 12.5. The van der Waals surface area contributed by atoms with E-state index in [9.17, 15) is 9.90 Å². The van der Waals surface area contributed by atoms with E-state index < -0.39 is 11.9 Å². The van der Waals surface area contributed by atoms with Crippen molar-refractivity contribution in [3.05, 3.63) is 78.4 Å². The van der Waals surface area contributed by atoms with Gasteiger partial charge in [0, 0.05) is 5.56 Å². The minimum atomic E-state index is -1.47. The summed E-state index contributed by atoms with van der Waals surface area (Å²) in [5.41, 5.74) is 3.39. The lowest BCUT2D eigenvalue weighted by Crippen LogP contribution is -2.31. The zero-order chi connectivity index (χ0) is 16.7. The Morgan fingerprint density at radius 3 is 2.26 bits per heavy atom. The average molecular weight is 305 g/mol. The smallest absolute Gasteiger partial charge is 0.212 e. The summed E-state index contributed by atoms with van der Waals surface area (Å²) in [6, 6.07) is 19.2. The summed E-state index contributed by atoms with van der Waals surface area (Å²) >= 11 is 0. The standard InChI is InChI=1S/C18H15N3O2/c1-13(12-19)17(22)16(18(23)14-8-4-2-5-9-14)21-20-15-10-6-3-7-11-15/h2-11,17,20,22H,1H2/b21-16+. The number of benzene rings is 2. The molecular weight excluding hydrogens is 290 g/mol. The second kappa shape index (κ2) is 7.69. The third-order valence-corrected chi connectivity index (χ3v) is 3.08. The highest BCUT2D eigenvalue weighted by Crippen LogP contribution is 2.11. The molecule has 0 radical (unpaired) electrons. The number of carbonyl (C=O) groups excluding carboxylic acids is 1. The largest absolute Gasteiger partial charge is 0.381 e. The molecule has 2 aromatic rings. The van der Waals surface area contributed by atoms with Crippen LogP contribution in [-0.2, 0) is 0 Å². The third-order valence-electron chi connectivity index (χ3n) is 3.08. The molecule has 0 saturated heterocycles.